The molecule has 2 aromatic rings. The number of rotatable bonds is 4. The molecule has 132 valence electrons. The van der Waals surface area contributed by atoms with Crippen LogP contribution in [0.1, 0.15) is 24.1 Å². The highest BCUT2D eigenvalue weighted by atomic mass is 35.5. The third-order valence-corrected chi connectivity index (χ3v) is 5.08. The Balaban J connectivity index is 1.71. The highest BCUT2D eigenvalue weighted by Gasteiger charge is 2.25. The van der Waals surface area contributed by atoms with Crippen molar-refractivity contribution in [3.05, 3.63) is 62.9 Å². The Morgan fingerprint density at radius 2 is 2.00 bits per heavy atom. The first-order chi connectivity index (χ1) is 12.0. The van der Waals surface area contributed by atoms with Crippen molar-refractivity contribution in [1.29, 1.82) is 0 Å². The number of halogens is 1. The van der Waals surface area contributed by atoms with E-state index in [2.05, 4.69) is 27.8 Å². The molecule has 1 aliphatic heterocycles. The molecule has 0 saturated carbocycles. The van der Waals surface area contributed by atoms with E-state index in [1.165, 1.54) is 11.6 Å². The Bertz CT molecular complexity index is 738. The van der Waals surface area contributed by atoms with E-state index in [0.717, 1.165) is 37.4 Å². The van der Waals surface area contributed by atoms with Gasteiger partial charge in [-0.3, -0.25) is 20.0 Å². The van der Waals surface area contributed by atoms with Crippen LogP contribution in [0.4, 0.5) is 11.4 Å². The van der Waals surface area contributed by atoms with Crippen LogP contribution in [0.5, 0.6) is 0 Å². The maximum absolute atomic E-state index is 11.0. The fourth-order valence-electron chi connectivity index (χ4n) is 3.39. The van der Waals surface area contributed by atoms with Gasteiger partial charge < -0.3 is 4.90 Å². The molecule has 0 spiro atoms. The summed E-state index contributed by atoms with van der Waals surface area (Å²) < 4.78 is 0. The van der Waals surface area contributed by atoms with E-state index in [9.17, 15) is 10.1 Å². The SMILES string of the molecule is Cc1cc([N+](=O)[O-])cc(Cl)c1N1CCN(C(C)c2cccnc2)CC1. The number of pyridine rings is 1. The number of benzene rings is 1. The lowest BCUT2D eigenvalue weighted by Gasteiger charge is -2.40. The van der Waals surface area contributed by atoms with Crippen LogP contribution < -0.4 is 4.90 Å². The highest BCUT2D eigenvalue weighted by Crippen LogP contribution is 2.35. The minimum absolute atomic E-state index is 0.0371. The molecule has 0 radical (unpaired) electrons. The summed E-state index contributed by atoms with van der Waals surface area (Å²) in [5.41, 5.74) is 2.99. The summed E-state index contributed by atoms with van der Waals surface area (Å²) in [7, 11) is 0. The second-order valence-electron chi connectivity index (χ2n) is 6.34. The molecule has 1 atom stereocenters. The van der Waals surface area contributed by atoms with Crippen molar-refractivity contribution in [3.8, 4) is 0 Å². The maximum Gasteiger partial charge on any atom is 0.271 e. The third kappa shape index (κ3) is 3.75. The van der Waals surface area contributed by atoms with E-state index in [1.54, 1.807) is 12.3 Å². The van der Waals surface area contributed by atoms with Crippen molar-refractivity contribution in [3.63, 3.8) is 0 Å². The second kappa shape index (κ2) is 7.37. The summed E-state index contributed by atoms with van der Waals surface area (Å²) in [5, 5.41) is 11.4. The summed E-state index contributed by atoms with van der Waals surface area (Å²) in [6.07, 6.45) is 3.70. The zero-order valence-electron chi connectivity index (χ0n) is 14.4. The normalized spacial score (nSPS) is 16.7. The van der Waals surface area contributed by atoms with Gasteiger partial charge in [-0.15, -0.1) is 0 Å². The van der Waals surface area contributed by atoms with Crippen LogP contribution in [-0.4, -0.2) is 41.0 Å². The zero-order chi connectivity index (χ0) is 18.0. The maximum atomic E-state index is 11.0. The summed E-state index contributed by atoms with van der Waals surface area (Å²) >= 11 is 6.34. The topological polar surface area (TPSA) is 62.5 Å². The van der Waals surface area contributed by atoms with Crippen molar-refractivity contribution in [2.45, 2.75) is 19.9 Å². The Hall–Kier alpha value is -2.18. The Morgan fingerprint density at radius 1 is 1.28 bits per heavy atom. The number of hydrogen-bond donors (Lipinski definition) is 0. The molecule has 1 aromatic heterocycles. The molecule has 7 heteroatoms. The predicted molar refractivity (Wildman–Crippen MR) is 99.3 cm³/mol. The molecule has 0 aliphatic carbocycles. The molecule has 3 rings (SSSR count). The fraction of sp³-hybridized carbons (Fsp3) is 0.389. The lowest BCUT2D eigenvalue weighted by molar-refractivity contribution is -0.384. The highest BCUT2D eigenvalue weighted by molar-refractivity contribution is 6.33. The smallest absolute Gasteiger partial charge is 0.271 e. The van der Waals surface area contributed by atoms with Crippen LogP contribution >= 0.6 is 11.6 Å². The molecule has 0 N–H and O–H groups in total. The average molecular weight is 361 g/mol. The number of anilines is 1. The largest absolute Gasteiger partial charge is 0.368 e. The van der Waals surface area contributed by atoms with E-state index in [4.69, 9.17) is 11.6 Å². The Kier molecular flexibility index (Phi) is 5.20. The molecule has 1 saturated heterocycles. The van der Waals surface area contributed by atoms with Gasteiger partial charge in [0.05, 0.1) is 15.6 Å². The van der Waals surface area contributed by atoms with Gasteiger partial charge in [0.2, 0.25) is 0 Å². The molecule has 1 aliphatic rings. The van der Waals surface area contributed by atoms with Gasteiger partial charge in [0.15, 0.2) is 0 Å². The number of hydrogen-bond acceptors (Lipinski definition) is 5. The summed E-state index contributed by atoms with van der Waals surface area (Å²) in [5.74, 6) is 0. The average Bonchev–Trinajstić information content (AvgIpc) is 2.61. The standard InChI is InChI=1S/C18H21ClN4O2/c1-13-10-16(23(24)25)11-17(19)18(13)22-8-6-21(7-9-22)14(2)15-4-3-5-20-12-15/h3-5,10-12,14H,6-9H2,1-2H3. The minimum Gasteiger partial charge on any atom is -0.368 e. The first-order valence-electron chi connectivity index (χ1n) is 8.31. The molecule has 25 heavy (non-hydrogen) atoms. The number of nitrogens with zero attached hydrogens (tertiary/aromatic N) is 4. The van der Waals surface area contributed by atoms with Crippen LogP contribution in [-0.2, 0) is 0 Å². The van der Waals surface area contributed by atoms with Crippen LogP contribution in [0.2, 0.25) is 5.02 Å². The van der Waals surface area contributed by atoms with Crippen LogP contribution in [0.15, 0.2) is 36.7 Å². The van der Waals surface area contributed by atoms with E-state index in [0.29, 0.717) is 11.1 Å². The van der Waals surface area contributed by atoms with Gasteiger partial charge in [0.1, 0.15) is 0 Å². The lowest BCUT2D eigenvalue weighted by atomic mass is 10.1. The number of non-ortho nitro benzene ring substituents is 1. The number of aryl methyl sites for hydroxylation is 1. The monoisotopic (exact) mass is 360 g/mol. The molecule has 2 heterocycles. The zero-order valence-corrected chi connectivity index (χ0v) is 15.1. The van der Waals surface area contributed by atoms with Crippen LogP contribution in [0, 0.1) is 17.0 Å². The first kappa shape index (κ1) is 17.6. The predicted octanol–water partition coefficient (Wildman–Crippen LogP) is 3.83. The molecular formula is C18H21ClN4O2. The lowest BCUT2D eigenvalue weighted by Crippen LogP contribution is -2.47. The molecule has 1 fully saturated rings. The van der Waals surface area contributed by atoms with Gasteiger partial charge >= 0.3 is 0 Å². The van der Waals surface area contributed by atoms with Crippen LogP contribution in [0.25, 0.3) is 0 Å². The molecule has 6 nitrogen and oxygen atoms in total. The summed E-state index contributed by atoms with van der Waals surface area (Å²) in [6, 6.07) is 7.40. The van der Waals surface area contributed by atoms with Crippen molar-refractivity contribution < 1.29 is 4.92 Å². The van der Waals surface area contributed by atoms with Crippen molar-refractivity contribution in [2.75, 3.05) is 31.1 Å². The van der Waals surface area contributed by atoms with Crippen LogP contribution in [0.3, 0.4) is 0 Å². The molecule has 1 aromatic carbocycles. The Morgan fingerprint density at radius 3 is 2.56 bits per heavy atom. The number of aromatic nitrogens is 1. The van der Waals surface area contributed by atoms with Gasteiger partial charge in [0, 0.05) is 56.7 Å². The van der Waals surface area contributed by atoms with Crippen molar-refractivity contribution >= 4 is 23.0 Å². The number of piperazine rings is 1. The quantitative estimate of drug-likeness (QED) is 0.612. The first-order valence-corrected chi connectivity index (χ1v) is 8.68. The van der Waals surface area contributed by atoms with Gasteiger partial charge in [-0.2, -0.15) is 0 Å². The van der Waals surface area contributed by atoms with Gasteiger partial charge in [-0.1, -0.05) is 17.7 Å². The van der Waals surface area contributed by atoms with E-state index >= 15 is 0 Å². The molecular weight excluding hydrogens is 340 g/mol. The Labute approximate surface area is 152 Å². The van der Waals surface area contributed by atoms with Gasteiger partial charge in [0.25, 0.3) is 5.69 Å². The third-order valence-electron chi connectivity index (χ3n) is 4.79. The van der Waals surface area contributed by atoms with Crippen molar-refractivity contribution in [1.82, 2.24) is 9.88 Å². The molecule has 0 amide bonds. The fourth-order valence-corrected chi connectivity index (χ4v) is 3.77. The summed E-state index contributed by atoms with van der Waals surface area (Å²) in [6.45, 7) is 7.55. The molecule has 0 bridgehead atoms. The minimum atomic E-state index is -0.407. The van der Waals surface area contributed by atoms with E-state index in [-0.39, 0.29) is 5.69 Å². The number of nitro benzene ring substituents is 1. The molecule has 1 unspecified atom stereocenters. The second-order valence-corrected chi connectivity index (χ2v) is 6.74. The summed E-state index contributed by atoms with van der Waals surface area (Å²) in [4.78, 5) is 19.4. The van der Waals surface area contributed by atoms with E-state index < -0.39 is 4.92 Å². The van der Waals surface area contributed by atoms with E-state index in [1.807, 2.05) is 19.2 Å². The number of nitro groups is 1. The van der Waals surface area contributed by atoms with Gasteiger partial charge in [-0.25, -0.2) is 0 Å². The van der Waals surface area contributed by atoms with Crippen molar-refractivity contribution in [2.24, 2.45) is 0 Å². The van der Waals surface area contributed by atoms with Gasteiger partial charge in [-0.05, 0) is 31.0 Å².